The molecule has 0 radical (unpaired) electrons. The molecule has 0 amide bonds. The highest BCUT2D eigenvalue weighted by Crippen LogP contribution is 2.40. The predicted octanol–water partition coefficient (Wildman–Crippen LogP) is 4.01. The average Bonchev–Trinajstić information content (AvgIpc) is 2.42. The lowest BCUT2D eigenvalue weighted by Gasteiger charge is -2.46. The van der Waals surface area contributed by atoms with Gasteiger partial charge in [-0.1, -0.05) is 19.8 Å². The molecular weight excluding hydrogens is 276 g/mol. The van der Waals surface area contributed by atoms with Crippen molar-refractivity contribution in [1.29, 1.82) is 0 Å². The smallest absolute Gasteiger partial charge is 0.0158 e. The minimum absolute atomic E-state index is 0.236. The number of hydrogen-bond acceptors (Lipinski definition) is 3. The molecule has 2 fully saturated rings. The zero-order valence-electron chi connectivity index (χ0n) is 14.9. The summed E-state index contributed by atoms with van der Waals surface area (Å²) in [5.74, 6) is 3.57. The van der Waals surface area contributed by atoms with Crippen LogP contribution in [0.1, 0.15) is 60.3 Å². The molecule has 1 saturated carbocycles. The van der Waals surface area contributed by atoms with Crippen molar-refractivity contribution in [2.75, 3.05) is 31.1 Å². The van der Waals surface area contributed by atoms with E-state index in [1.54, 1.807) is 0 Å². The summed E-state index contributed by atoms with van der Waals surface area (Å²) >= 11 is 2.13. The molecule has 2 aliphatic rings. The standard InChI is InChI=1S/C18H36N2S/c1-15-6-8-18(9-7-15,13-19-17(3,4)5)14-20-10-11-21-12-16(20)2/h15-16,19H,6-14H2,1-5H3. The van der Waals surface area contributed by atoms with Gasteiger partial charge in [-0.25, -0.2) is 0 Å². The Kier molecular flexibility index (Phi) is 6.07. The maximum Gasteiger partial charge on any atom is 0.0158 e. The zero-order valence-corrected chi connectivity index (χ0v) is 15.7. The Labute approximate surface area is 136 Å². The van der Waals surface area contributed by atoms with Gasteiger partial charge in [-0.05, 0) is 51.9 Å². The summed E-state index contributed by atoms with van der Waals surface area (Å²) in [5, 5.41) is 3.82. The molecule has 21 heavy (non-hydrogen) atoms. The number of nitrogens with one attached hydrogen (secondary N) is 1. The van der Waals surface area contributed by atoms with Crippen molar-refractivity contribution in [3.63, 3.8) is 0 Å². The van der Waals surface area contributed by atoms with E-state index >= 15 is 0 Å². The van der Waals surface area contributed by atoms with E-state index < -0.39 is 0 Å². The third kappa shape index (κ3) is 5.44. The van der Waals surface area contributed by atoms with Crippen molar-refractivity contribution < 1.29 is 0 Å². The number of nitrogens with zero attached hydrogens (tertiary/aromatic N) is 1. The van der Waals surface area contributed by atoms with Gasteiger partial charge in [0, 0.05) is 42.7 Å². The van der Waals surface area contributed by atoms with Crippen LogP contribution >= 0.6 is 11.8 Å². The van der Waals surface area contributed by atoms with Gasteiger partial charge in [-0.3, -0.25) is 4.90 Å². The quantitative estimate of drug-likeness (QED) is 0.844. The lowest BCUT2D eigenvalue weighted by molar-refractivity contribution is 0.0678. The van der Waals surface area contributed by atoms with E-state index in [1.807, 2.05) is 0 Å². The van der Waals surface area contributed by atoms with Crippen molar-refractivity contribution in [2.45, 2.75) is 71.9 Å². The largest absolute Gasteiger partial charge is 0.311 e. The SMILES string of the molecule is CC1CCC(CNC(C)(C)C)(CN2CCSCC2C)CC1. The van der Waals surface area contributed by atoms with Gasteiger partial charge < -0.3 is 5.32 Å². The third-order valence-electron chi connectivity index (χ3n) is 5.37. The number of thioether (sulfide) groups is 1. The van der Waals surface area contributed by atoms with E-state index in [1.165, 1.54) is 56.8 Å². The molecule has 0 spiro atoms. The molecule has 124 valence electrons. The van der Waals surface area contributed by atoms with Crippen LogP contribution in [0.25, 0.3) is 0 Å². The Morgan fingerprint density at radius 2 is 1.86 bits per heavy atom. The van der Waals surface area contributed by atoms with Gasteiger partial charge in [0.25, 0.3) is 0 Å². The molecule has 0 aromatic carbocycles. The molecule has 2 rings (SSSR count). The Morgan fingerprint density at radius 1 is 1.19 bits per heavy atom. The summed E-state index contributed by atoms with van der Waals surface area (Å²) < 4.78 is 0. The maximum absolute atomic E-state index is 3.82. The first kappa shape index (κ1) is 17.6. The van der Waals surface area contributed by atoms with E-state index in [2.05, 4.69) is 56.6 Å². The van der Waals surface area contributed by atoms with Crippen LogP contribution in [-0.2, 0) is 0 Å². The second kappa shape index (κ2) is 7.23. The molecule has 1 saturated heterocycles. The molecule has 1 heterocycles. The van der Waals surface area contributed by atoms with E-state index in [-0.39, 0.29) is 5.54 Å². The average molecular weight is 313 g/mol. The van der Waals surface area contributed by atoms with Crippen LogP contribution in [0.2, 0.25) is 0 Å². The number of rotatable bonds is 4. The predicted molar refractivity (Wildman–Crippen MR) is 96.2 cm³/mol. The van der Waals surface area contributed by atoms with Gasteiger partial charge in [-0.2, -0.15) is 11.8 Å². The number of hydrogen-bond donors (Lipinski definition) is 1. The van der Waals surface area contributed by atoms with Crippen LogP contribution in [0.4, 0.5) is 0 Å². The van der Waals surface area contributed by atoms with Crippen molar-refractivity contribution in [1.82, 2.24) is 10.2 Å². The fourth-order valence-corrected chi connectivity index (χ4v) is 4.73. The molecule has 1 aliphatic heterocycles. The van der Waals surface area contributed by atoms with E-state index in [4.69, 9.17) is 0 Å². The molecular formula is C18H36N2S. The molecule has 0 bridgehead atoms. The monoisotopic (exact) mass is 312 g/mol. The molecule has 3 heteroatoms. The lowest BCUT2D eigenvalue weighted by Crippen LogP contribution is -2.53. The van der Waals surface area contributed by atoms with Crippen LogP contribution in [-0.4, -0.2) is 47.6 Å². The summed E-state index contributed by atoms with van der Waals surface area (Å²) in [6.45, 7) is 15.5. The molecule has 0 aromatic rings. The van der Waals surface area contributed by atoms with E-state index in [0.717, 1.165) is 12.0 Å². The summed E-state index contributed by atoms with van der Waals surface area (Å²) in [4.78, 5) is 2.77. The highest BCUT2D eigenvalue weighted by molar-refractivity contribution is 7.99. The van der Waals surface area contributed by atoms with Crippen LogP contribution < -0.4 is 5.32 Å². The summed E-state index contributed by atoms with van der Waals surface area (Å²) in [6.07, 6.45) is 5.66. The molecule has 1 atom stereocenters. The van der Waals surface area contributed by atoms with Crippen LogP contribution in [0.5, 0.6) is 0 Å². The van der Waals surface area contributed by atoms with Gasteiger partial charge in [0.1, 0.15) is 0 Å². The fourth-order valence-electron chi connectivity index (χ4n) is 3.65. The molecule has 1 N–H and O–H groups in total. The molecule has 0 aromatic heterocycles. The van der Waals surface area contributed by atoms with Crippen molar-refractivity contribution in [3.05, 3.63) is 0 Å². The second-order valence-electron chi connectivity index (χ2n) is 8.68. The highest BCUT2D eigenvalue weighted by atomic mass is 32.2. The normalized spacial score (nSPS) is 35.9. The van der Waals surface area contributed by atoms with Crippen LogP contribution in [0, 0.1) is 11.3 Å². The Balaban J connectivity index is 2.00. The first-order valence-corrected chi connectivity index (χ1v) is 10.0. The first-order chi connectivity index (χ1) is 9.80. The Morgan fingerprint density at radius 3 is 2.43 bits per heavy atom. The first-order valence-electron chi connectivity index (χ1n) is 8.87. The molecule has 2 nitrogen and oxygen atoms in total. The molecule has 1 unspecified atom stereocenters. The minimum Gasteiger partial charge on any atom is -0.311 e. The Hall–Kier alpha value is 0.270. The lowest BCUT2D eigenvalue weighted by atomic mass is 9.70. The van der Waals surface area contributed by atoms with Gasteiger partial charge in [0.2, 0.25) is 0 Å². The van der Waals surface area contributed by atoms with Crippen LogP contribution in [0.3, 0.4) is 0 Å². The summed E-state index contributed by atoms with van der Waals surface area (Å²) in [5.41, 5.74) is 0.746. The maximum atomic E-state index is 3.82. The van der Waals surface area contributed by atoms with Crippen molar-refractivity contribution in [3.8, 4) is 0 Å². The van der Waals surface area contributed by atoms with E-state index in [9.17, 15) is 0 Å². The minimum atomic E-state index is 0.236. The van der Waals surface area contributed by atoms with Gasteiger partial charge >= 0.3 is 0 Å². The van der Waals surface area contributed by atoms with Crippen LogP contribution in [0.15, 0.2) is 0 Å². The van der Waals surface area contributed by atoms with Crippen molar-refractivity contribution >= 4 is 11.8 Å². The summed E-state index contributed by atoms with van der Waals surface area (Å²) in [7, 11) is 0. The van der Waals surface area contributed by atoms with Crippen molar-refractivity contribution in [2.24, 2.45) is 11.3 Å². The fraction of sp³-hybridized carbons (Fsp3) is 1.00. The second-order valence-corrected chi connectivity index (χ2v) is 9.83. The summed E-state index contributed by atoms with van der Waals surface area (Å²) in [6, 6.07) is 0.759. The zero-order chi connectivity index (χ0) is 15.5. The van der Waals surface area contributed by atoms with E-state index in [0.29, 0.717) is 5.41 Å². The van der Waals surface area contributed by atoms with Gasteiger partial charge in [0.15, 0.2) is 0 Å². The molecule has 1 aliphatic carbocycles. The van der Waals surface area contributed by atoms with Gasteiger partial charge in [-0.15, -0.1) is 0 Å². The topological polar surface area (TPSA) is 15.3 Å². The third-order valence-corrected chi connectivity index (χ3v) is 6.56. The Bertz CT molecular complexity index is 316. The van der Waals surface area contributed by atoms with Gasteiger partial charge in [0.05, 0.1) is 0 Å². The highest BCUT2D eigenvalue weighted by Gasteiger charge is 2.37.